The molecule has 296 valence electrons. The van der Waals surface area contributed by atoms with Crippen LogP contribution in [-0.4, -0.2) is 9.97 Å². The van der Waals surface area contributed by atoms with Gasteiger partial charge in [0.25, 0.3) is 0 Å². The van der Waals surface area contributed by atoms with Gasteiger partial charge in [-0.1, -0.05) is 214 Å². The number of aromatic nitrogens is 2. The van der Waals surface area contributed by atoms with Gasteiger partial charge in [0.05, 0.1) is 11.4 Å². The van der Waals surface area contributed by atoms with Gasteiger partial charge in [-0.15, -0.1) is 0 Å². The lowest BCUT2D eigenvalue weighted by atomic mass is 9.78. The molecule has 0 amide bonds. The Morgan fingerprint density at radius 2 is 0.889 bits per heavy atom. The van der Waals surface area contributed by atoms with Gasteiger partial charge in [0.2, 0.25) is 0 Å². The number of hydrogen-bond acceptors (Lipinski definition) is 2. The minimum Gasteiger partial charge on any atom is -0.228 e. The van der Waals surface area contributed by atoms with Gasteiger partial charge in [0.15, 0.2) is 5.82 Å². The third-order valence-corrected chi connectivity index (χ3v) is 13.3. The molecule has 0 radical (unpaired) electrons. The Hall–Kier alpha value is -7.94. The van der Waals surface area contributed by atoms with Gasteiger partial charge in [-0.25, -0.2) is 9.97 Å². The molecule has 0 spiro atoms. The predicted molar refractivity (Wildman–Crippen MR) is 265 cm³/mol. The maximum atomic E-state index is 5.36. The smallest absolute Gasteiger partial charge is 0.160 e. The summed E-state index contributed by atoms with van der Waals surface area (Å²) < 4.78 is 0. The van der Waals surface area contributed by atoms with E-state index in [1.54, 1.807) is 0 Å². The summed E-state index contributed by atoms with van der Waals surface area (Å²) in [7, 11) is 0. The molecular weight excluding hydrogens is 761 g/mol. The van der Waals surface area contributed by atoms with E-state index in [4.69, 9.17) is 9.97 Å². The summed E-state index contributed by atoms with van der Waals surface area (Å²) in [6, 6.07) is 79.1. The average molecular weight is 803 g/mol. The Bertz CT molecular complexity index is 3560. The van der Waals surface area contributed by atoms with Crippen LogP contribution in [0.25, 0.3) is 111 Å². The van der Waals surface area contributed by atoms with Crippen molar-refractivity contribution in [2.45, 2.75) is 19.3 Å². The van der Waals surface area contributed by atoms with Crippen molar-refractivity contribution >= 4 is 32.3 Å². The molecule has 63 heavy (non-hydrogen) atoms. The molecule has 0 N–H and O–H groups in total. The van der Waals surface area contributed by atoms with Crippen molar-refractivity contribution in [1.29, 1.82) is 0 Å². The third-order valence-electron chi connectivity index (χ3n) is 13.3. The summed E-state index contributed by atoms with van der Waals surface area (Å²) in [6.07, 6.45) is 0. The zero-order valence-electron chi connectivity index (χ0n) is 35.2. The molecule has 1 aromatic heterocycles. The summed E-state index contributed by atoms with van der Waals surface area (Å²) in [6.45, 7) is 4.71. The molecule has 1 aliphatic rings. The first-order valence-corrected chi connectivity index (χ1v) is 21.8. The van der Waals surface area contributed by atoms with Crippen molar-refractivity contribution in [2.24, 2.45) is 0 Å². The van der Waals surface area contributed by atoms with Crippen molar-refractivity contribution in [3.63, 3.8) is 0 Å². The van der Waals surface area contributed by atoms with Crippen LogP contribution in [0, 0.1) is 0 Å². The number of hydrogen-bond donors (Lipinski definition) is 0. The molecule has 1 heterocycles. The highest BCUT2D eigenvalue weighted by Crippen LogP contribution is 2.52. The molecule has 0 fully saturated rings. The van der Waals surface area contributed by atoms with E-state index < -0.39 is 0 Å². The summed E-state index contributed by atoms with van der Waals surface area (Å²) in [4.78, 5) is 10.7. The lowest BCUT2D eigenvalue weighted by molar-refractivity contribution is 0.662. The van der Waals surface area contributed by atoms with Crippen LogP contribution in [0.1, 0.15) is 25.0 Å². The molecule has 0 bridgehead atoms. The summed E-state index contributed by atoms with van der Waals surface area (Å²) in [5, 5.41) is 7.50. The Morgan fingerprint density at radius 3 is 1.71 bits per heavy atom. The second-order valence-electron chi connectivity index (χ2n) is 17.3. The van der Waals surface area contributed by atoms with E-state index in [0.29, 0.717) is 5.82 Å². The molecule has 2 heteroatoms. The fourth-order valence-corrected chi connectivity index (χ4v) is 10.2. The maximum absolute atomic E-state index is 5.36. The fourth-order valence-electron chi connectivity index (χ4n) is 10.2. The topological polar surface area (TPSA) is 25.8 Å². The first kappa shape index (κ1) is 36.9. The first-order chi connectivity index (χ1) is 31.0. The van der Waals surface area contributed by atoms with Crippen molar-refractivity contribution in [2.75, 3.05) is 0 Å². The highest BCUT2D eigenvalue weighted by atomic mass is 14.9. The predicted octanol–water partition coefficient (Wildman–Crippen LogP) is 16.2. The molecule has 2 nitrogen and oxygen atoms in total. The first-order valence-electron chi connectivity index (χ1n) is 21.8. The van der Waals surface area contributed by atoms with Gasteiger partial charge < -0.3 is 0 Å². The maximum Gasteiger partial charge on any atom is 0.160 e. The van der Waals surface area contributed by atoms with Crippen LogP contribution in [0.2, 0.25) is 0 Å². The Morgan fingerprint density at radius 1 is 0.317 bits per heavy atom. The number of rotatable bonds is 6. The number of fused-ring (bicyclic) bond motifs is 7. The van der Waals surface area contributed by atoms with Gasteiger partial charge >= 0.3 is 0 Å². The molecule has 0 atom stereocenters. The van der Waals surface area contributed by atoms with Gasteiger partial charge in [-0.05, 0) is 106 Å². The molecule has 0 saturated carbocycles. The summed E-state index contributed by atoms with van der Waals surface area (Å²) in [5.41, 5.74) is 17.3. The second kappa shape index (κ2) is 14.6. The quantitative estimate of drug-likeness (QED) is 0.124. The van der Waals surface area contributed by atoms with Crippen molar-refractivity contribution < 1.29 is 0 Å². The third kappa shape index (κ3) is 6.17. The average Bonchev–Trinajstić information content (AvgIpc) is 3.59. The van der Waals surface area contributed by atoms with Crippen LogP contribution in [0.15, 0.2) is 218 Å². The minimum absolute atomic E-state index is 0.127. The SMILES string of the molecule is CC1(C)c2ccccc2-c2cccc(-c3cccc(-c4cc(-c5ccc(-c6ccccc6)cc5)nc(-c5ccc(-c6c7ccccc7cc7c6ccc6ccccc67)cc5)n4)c3)c21. The Kier molecular flexibility index (Phi) is 8.55. The lowest BCUT2D eigenvalue weighted by Crippen LogP contribution is -2.16. The minimum atomic E-state index is -0.127. The molecule has 0 unspecified atom stereocenters. The van der Waals surface area contributed by atoms with Crippen molar-refractivity contribution in [3.05, 3.63) is 230 Å². The second-order valence-corrected chi connectivity index (χ2v) is 17.3. The lowest BCUT2D eigenvalue weighted by Gasteiger charge is -2.24. The molecular formula is C61H42N2. The van der Waals surface area contributed by atoms with Crippen LogP contribution in [0.4, 0.5) is 0 Å². The highest BCUT2D eigenvalue weighted by Gasteiger charge is 2.37. The molecule has 0 saturated heterocycles. The molecule has 1 aliphatic carbocycles. The normalized spacial score (nSPS) is 12.7. The van der Waals surface area contributed by atoms with Crippen LogP contribution < -0.4 is 0 Å². The standard InChI is InChI=1S/C61H42N2/c1-61(2)55-25-11-10-22-51(55)53-24-13-23-50(59(53)61)45-18-12-19-47(36-45)57-38-56(42-28-26-40(27-29-42)39-14-4-3-5-15-39)62-60(63-57)44-32-30-43(31-33-44)58-49-21-9-7-17-46(49)37-54-48-20-8-6-16-41(48)34-35-52(54)58/h3-38H,1-2H3. The van der Waals surface area contributed by atoms with Gasteiger partial charge in [0, 0.05) is 22.1 Å². The van der Waals surface area contributed by atoms with E-state index in [9.17, 15) is 0 Å². The molecule has 0 aliphatic heterocycles. The van der Waals surface area contributed by atoms with E-state index in [-0.39, 0.29) is 5.41 Å². The van der Waals surface area contributed by atoms with Gasteiger partial charge in [-0.2, -0.15) is 0 Å². The van der Waals surface area contributed by atoms with E-state index in [2.05, 4.69) is 232 Å². The van der Waals surface area contributed by atoms with E-state index in [1.807, 2.05) is 0 Å². The van der Waals surface area contributed by atoms with E-state index in [1.165, 1.54) is 82.4 Å². The van der Waals surface area contributed by atoms with Crippen LogP contribution in [0.3, 0.4) is 0 Å². The highest BCUT2D eigenvalue weighted by molar-refractivity contribution is 6.20. The largest absolute Gasteiger partial charge is 0.228 e. The van der Waals surface area contributed by atoms with Crippen LogP contribution >= 0.6 is 0 Å². The van der Waals surface area contributed by atoms with E-state index >= 15 is 0 Å². The van der Waals surface area contributed by atoms with E-state index in [0.717, 1.165) is 33.6 Å². The zero-order chi connectivity index (χ0) is 42.1. The van der Waals surface area contributed by atoms with Gasteiger partial charge in [0.1, 0.15) is 0 Å². The van der Waals surface area contributed by atoms with Crippen molar-refractivity contribution in [1.82, 2.24) is 9.97 Å². The molecule has 10 aromatic carbocycles. The molecule has 12 rings (SSSR count). The monoisotopic (exact) mass is 802 g/mol. The number of benzene rings is 10. The zero-order valence-corrected chi connectivity index (χ0v) is 35.2. The Balaban J connectivity index is 0.991. The van der Waals surface area contributed by atoms with Crippen LogP contribution in [-0.2, 0) is 5.41 Å². The molecule has 11 aromatic rings. The Labute approximate surface area is 367 Å². The summed E-state index contributed by atoms with van der Waals surface area (Å²) in [5.74, 6) is 0.692. The fraction of sp³-hybridized carbons (Fsp3) is 0.0492. The number of nitrogens with zero attached hydrogens (tertiary/aromatic N) is 2. The van der Waals surface area contributed by atoms with Gasteiger partial charge in [-0.3, -0.25) is 0 Å². The van der Waals surface area contributed by atoms with Crippen LogP contribution in [0.5, 0.6) is 0 Å². The van der Waals surface area contributed by atoms with Crippen molar-refractivity contribution in [3.8, 4) is 78.4 Å². The summed E-state index contributed by atoms with van der Waals surface area (Å²) >= 11 is 0.